The zero-order chi connectivity index (χ0) is 12.5. The Morgan fingerprint density at radius 2 is 2.17 bits per heavy atom. The number of hydrogen-bond donors (Lipinski definition) is 0. The summed E-state index contributed by atoms with van der Waals surface area (Å²) < 4.78 is 10.6. The van der Waals surface area contributed by atoms with Crippen molar-refractivity contribution in [3.8, 4) is 0 Å². The quantitative estimate of drug-likeness (QED) is 0.434. The summed E-state index contributed by atoms with van der Waals surface area (Å²) in [7, 11) is 0. The normalized spacial score (nSPS) is 52.2. The van der Waals surface area contributed by atoms with E-state index in [2.05, 4.69) is 0 Å². The fourth-order valence-corrected chi connectivity index (χ4v) is 5.84. The van der Waals surface area contributed by atoms with E-state index in [0.717, 1.165) is 29.8 Å². The third-order valence-electron chi connectivity index (χ3n) is 6.14. The van der Waals surface area contributed by atoms with Gasteiger partial charge in [0.05, 0.1) is 29.2 Å². The molecule has 0 heterocycles. The molecule has 0 amide bonds. The third-order valence-corrected chi connectivity index (χ3v) is 6.39. The predicted octanol–water partition coefficient (Wildman–Crippen LogP) is 3.75. The zero-order valence-corrected chi connectivity index (χ0v) is 12.8. The summed E-state index contributed by atoms with van der Waals surface area (Å²) in [4.78, 5) is 10.9. The number of halogens is 1. The first-order valence-electron chi connectivity index (χ1n) is 7.01. The van der Waals surface area contributed by atoms with Crippen molar-refractivity contribution in [3.63, 3.8) is 0 Å². The van der Waals surface area contributed by atoms with Gasteiger partial charge in [0.25, 0.3) is 0 Å². The van der Waals surface area contributed by atoms with Crippen LogP contribution in [0.3, 0.4) is 0 Å². The lowest BCUT2D eigenvalue weighted by molar-refractivity contribution is -0.115. The highest BCUT2D eigenvalue weighted by atomic mass is 127. The van der Waals surface area contributed by atoms with E-state index in [0.29, 0.717) is 5.41 Å². The second-order valence-electron chi connectivity index (χ2n) is 7.05. The number of ether oxygens (including phenoxy) is 2. The Bertz CT molecular complexity index is 408. The molecule has 1 spiro atoms. The summed E-state index contributed by atoms with van der Waals surface area (Å²) in [5.74, 6) is 3.01. The molecular formula is C14H19IO3. The summed E-state index contributed by atoms with van der Waals surface area (Å²) in [6.07, 6.45) is 6.70. The van der Waals surface area contributed by atoms with Crippen molar-refractivity contribution in [3.05, 3.63) is 0 Å². The topological polar surface area (TPSA) is 35.5 Å². The molecule has 4 aliphatic carbocycles. The lowest BCUT2D eigenvalue weighted by atomic mass is 9.61. The van der Waals surface area contributed by atoms with Crippen molar-refractivity contribution in [2.24, 2.45) is 28.6 Å². The van der Waals surface area contributed by atoms with Gasteiger partial charge in [-0.05, 0) is 67.6 Å². The van der Waals surface area contributed by atoms with E-state index >= 15 is 0 Å². The molecule has 0 aromatic carbocycles. The van der Waals surface area contributed by atoms with Gasteiger partial charge in [0.15, 0.2) is 0 Å². The fourth-order valence-electron chi connectivity index (χ4n) is 5.49. The Labute approximate surface area is 121 Å². The molecule has 0 saturated heterocycles. The van der Waals surface area contributed by atoms with Gasteiger partial charge in [-0.3, -0.25) is 0 Å². The van der Waals surface area contributed by atoms with E-state index < -0.39 is 6.29 Å². The average molecular weight is 362 g/mol. The molecule has 4 fully saturated rings. The number of fused-ring (bicyclic) bond motifs is 1. The molecule has 100 valence electrons. The lowest BCUT2D eigenvalue weighted by Gasteiger charge is -2.44. The first-order valence-corrected chi connectivity index (χ1v) is 8.09. The molecule has 0 radical (unpaired) electrons. The highest BCUT2D eigenvalue weighted by Gasteiger charge is 2.76. The molecular weight excluding hydrogens is 343 g/mol. The molecule has 4 aliphatic rings. The average Bonchev–Trinajstić information content (AvgIpc) is 2.93. The molecule has 4 heteroatoms. The molecule has 0 aliphatic heterocycles. The Balaban J connectivity index is 1.39. The van der Waals surface area contributed by atoms with Crippen LogP contribution < -0.4 is 0 Å². The van der Waals surface area contributed by atoms with Gasteiger partial charge < -0.3 is 9.47 Å². The summed E-state index contributed by atoms with van der Waals surface area (Å²) >= 11 is 1.65. The summed E-state index contributed by atoms with van der Waals surface area (Å²) in [5, 5.41) is 0. The van der Waals surface area contributed by atoms with Crippen LogP contribution in [0, 0.1) is 28.6 Å². The van der Waals surface area contributed by atoms with E-state index in [1.165, 1.54) is 32.1 Å². The maximum Gasteiger partial charge on any atom is 0.369 e. The molecule has 0 aromatic rings. The molecule has 0 N–H and O–H groups in total. The Morgan fingerprint density at radius 1 is 1.33 bits per heavy atom. The summed E-state index contributed by atoms with van der Waals surface area (Å²) in [5.41, 5.74) is 1.23. The molecule has 18 heavy (non-hydrogen) atoms. The SMILES string of the molecule is CC(OCC12CC3CC4(CC4C1)C3C2)OC(=O)I. The van der Waals surface area contributed by atoms with Crippen LogP contribution >= 0.6 is 22.6 Å². The van der Waals surface area contributed by atoms with Crippen molar-refractivity contribution >= 4 is 26.6 Å². The maximum atomic E-state index is 10.9. The van der Waals surface area contributed by atoms with Crippen LogP contribution in [0.5, 0.6) is 0 Å². The largest absolute Gasteiger partial charge is 0.429 e. The zero-order valence-electron chi connectivity index (χ0n) is 10.7. The number of rotatable bonds is 4. The minimum absolute atomic E-state index is 0.283. The highest BCUT2D eigenvalue weighted by molar-refractivity contribution is 14.1. The molecule has 4 rings (SSSR count). The fraction of sp³-hybridized carbons (Fsp3) is 0.929. The highest BCUT2D eigenvalue weighted by Crippen LogP contribution is 2.83. The van der Waals surface area contributed by atoms with Gasteiger partial charge in [-0.1, -0.05) is 0 Å². The van der Waals surface area contributed by atoms with Gasteiger partial charge in [0.2, 0.25) is 6.29 Å². The van der Waals surface area contributed by atoms with Crippen molar-refractivity contribution in [1.29, 1.82) is 0 Å². The molecule has 6 atom stereocenters. The number of carbonyl (C=O) groups is 1. The number of hydrogen-bond acceptors (Lipinski definition) is 3. The Morgan fingerprint density at radius 3 is 2.94 bits per heavy atom. The van der Waals surface area contributed by atoms with Gasteiger partial charge in [0, 0.05) is 0 Å². The van der Waals surface area contributed by atoms with E-state index in [1.54, 1.807) is 22.6 Å². The van der Waals surface area contributed by atoms with Crippen LogP contribution in [-0.4, -0.2) is 16.9 Å². The minimum atomic E-state index is -0.395. The van der Waals surface area contributed by atoms with Crippen molar-refractivity contribution in [2.75, 3.05) is 6.61 Å². The third kappa shape index (κ3) is 1.54. The molecule has 4 saturated carbocycles. The van der Waals surface area contributed by atoms with Crippen LogP contribution in [0.4, 0.5) is 4.79 Å². The first kappa shape index (κ1) is 11.9. The van der Waals surface area contributed by atoms with Gasteiger partial charge in [-0.2, -0.15) is 0 Å². The summed E-state index contributed by atoms with van der Waals surface area (Å²) in [6.45, 7) is 2.61. The van der Waals surface area contributed by atoms with E-state index in [1.807, 2.05) is 6.92 Å². The van der Waals surface area contributed by atoms with Gasteiger partial charge in [0.1, 0.15) is 0 Å². The summed E-state index contributed by atoms with van der Waals surface area (Å²) in [6, 6.07) is 0. The van der Waals surface area contributed by atoms with Crippen LogP contribution in [0.15, 0.2) is 0 Å². The van der Waals surface area contributed by atoms with Crippen LogP contribution in [0.1, 0.15) is 39.0 Å². The van der Waals surface area contributed by atoms with E-state index in [-0.39, 0.29) is 3.98 Å². The molecule has 2 bridgehead atoms. The van der Waals surface area contributed by atoms with Crippen molar-refractivity contribution in [2.45, 2.75) is 45.3 Å². The maximum absolute atomic E-state index is 10.9. The second kappa shape index (κ2) is 3.62. The van der Waals surface area contributed by atoms with Gasteiger partial charge in [-0.15, -0.1) is 0 Å². The molecule has 6 unspecified atom stereocenters. The van der Waals surface area contributed by atoms with Crippen LogP contribution in [0.25, 0.3) is 0 Å². The van der Waals surface area contributed by atoms with Crippen molar-refractivity contribution in [1.82, 2.24) is 0 Å². The monoisotopic (exact) mass is 362 g/mol. The van der Waals surface area contributed by atoms with Crippen molar-refractivity contribution < 1.29 is 14.3 Å². The lowest BCUT2D eigenvalue weighted by Crippen LogP contribution is -2.38. The molecule has 3 nitrogen and oxygen atoms in total. The second-order valence-corrected chi connectivity index (χ2v) is 7.93. The number of carbonyl (C=O) groups excluding carboxylic acids is 1. The van der Waals surface area contributed by atoms with E-state index in [9.17, 15) is 4.79 Å². The van der Waals surface area contributed by atoms with E-state index in [4.69, 9.17) is 9.47 Å². The molecule has 0 aromatic heterocycles. The minimum Gasteiger partial charge on any atom is -0.429 e. The Kier molecular flexibility index (Phi) is 2.41. The van der Waals surface area contributed by atoms with Crippen LogP contribution in [0.2, 0.25) is 0 Å². The van der Waals surface area contributed by atoms with Gasteiger partial charge in [-0.25, -0.2) is 4.79 Å². The first-order chi connectivity index (χ1) is 8.53. The Hall–Kier alpha value is 0.160. The smallest absolute Gasteiger partial charge is 0.369 e. The standard InChI is InChI=1S/C14H19IO3/c1-8(18-12(15)16)17-7-13-2-9-3-14(11(9)6-13)5-10(14)4-13/h8-11H,2-7H2,1H3. The van der Waals surface area contributed by atoms with Crippen LogP contribution in [-0.2, 0) is 9.47 Å². The predicted molar refractivity (Wildman–Crippen MR) is 74.3 cm³/mol. The van der Waals surface area contributed by atoms with Gasteiger partial charge >= 0.3 is 3.98 Å².